The number of fused-ring (bicyclic) bond motifs is 1. The number of anilines is 1. The third-order valence-corrected chi connectivity index (χ3v) is 5.12. The molecule has 2 aliphatic heterocycles. The number of benzene rings is 1. The summed E-state index contributed by atoms with van der Waals surface area (Å²) in [5.41, 5.74) is 3.96. The fraction of sp³-hybridized carbons (Fsp3) is 0.450. The van der Waals surface area contributed by atoms with Crippen LogP contribution >= 0.6 is 0 Å². The van der Waals surface area contributed by atoms with E-state index in [2.05, 4.69) is 35.2 Å². The molecule has 7 heteroatoms. The van der Waals surface area contributed by atoms with Gasteiger partial charge in [0, 0.05) is 37.8 Å². The molecule has 27 heavy (non-hydrogen) atoms. The molecule has 1 atom stereocenters. The Morgan fingerprint density at radius 2 is 2.07 bits per heavy atom. The summed E-state index contributed by atoms with van der Waals surface area (Å²) in [7, 11) is 4.12. The van der Waals surface area contributed by atoms with Crippen LogP contribution in [0.1, 0.15) is 11.3 Å². The molecule has 2 aliphatic rings. The standard InChI is InChI=1S/C20H24N6O/c1-24-8-9-27-16(10-24)11-25(2)20-22-18-13-26(14-21)12-17(18)19(23-20)15-6-4-3-5-7-15/h3-7,16H,8-13H2,1-2H3. The Balaban J connectivity index is 1.65. The SMILES string of the molecule is CN1CCOC(CN(C)c2nc3c(c(-c4ccccc4)n2)CN(C#N)C3)C1. The maximum Gasteiger partial charge on any atom is 0.226 e. The third-order valence-electron chi connectivity index (χ3n) is 5.12. The Morgan fingerprint density at radius 1 is 1.26 bits per heavy atom. The van der Waals surface area contributed by atoms with E-state index in [1.165, 1.54) is 0 Å². The summed E-state index contributed by atoms with van der Waals surface area (Å²) in [6, 6.07) is 10.1. The molecule has 0 spiro atoms. The molecule has 2 aromatic rings. The molecule has 1 unspecified atom stereocenters. The summed E-state index contributed by atoms with van der Waals surface area (Å²) >= 11 is 0. The molecule has 4 rings (SSSR count). The van der Waals surface area contributed by atoms with Gasteiger partial charge in [-0.15, -0.1) is 0 Å². The van der Waals surface area contributed by atoms with Crippen molar-refractivity contribution in [3.63, 3.8) is 0 Å². The summed E-state index contributed by atoms with van der Waals surface area (Å²) in [6.45, 7) is 4.47. The quantitative estimate of drug-likeness (QED) is 0.765. The number of aromatic nitrogens is 2. The number of nitriles is 1. The molecule has 0 saturated carbocycles. The van der Waals surface area contributed by atoms with Crippen LogP contribution in [-0.2, 0) is 17.8 Å². The van der Waals surface area contributed by atoms with E-state index in [4.69, 9.17) is 14.7 Å². The van der Waals surface area contributed by atoms with Gasteiger partial charge < -0.3 is 19.4 Å². The van der Waals surface area contributed by atoms with Gasteiger partial charge in [-0.1, -0.05) is 30.3 Å². The molecule has 1 saturated heterocycles. The second-order valence-electron chi connectivity index (χ2n) is 7.26. The van der Waals surface area contributed by atoms with Crippen LogP contribution in [0.25, 0.3) is 11.3 Å². The molecule has 0 radical (unpaired) electrons. The van der Waals surface area contributed by atoms with Gasteiger partial charge in [-0.05, 0) is 7.05 Å². The van der Waals surface area contributed by atoms with E-state index >= 15 is 0 Å². The van der Waals surface area contributed by atoms with Crippen molar-refractivity contribution >= 4 is 5.95 Å². The summed E-state index contributed by atoms with van der Waals surface area (Å²) in [5.74, 6) is 0.684. The number of nitrogens with zero attached hydrogens (tertiary/aromatic N) is 6. The van der Waals surface area contributed by atoms with Crippen molar-refractivity contribution in [3.8, 4) is 17.5 Å². The van der Waals surface area contributed by atoms with Crippen LogP contribution in [0.3, 0.4) is 0 Å². The van der Waals surface area contributed by atoms with Gasteiger partial charge in [0.25, 0.3) is 0 Å². The lowest BCUT2D eigenvalue weighted by Crippen LogP contribution is -2.45. The van der Waals surface area contributed by atoms with Crippen molar-refractivity contribution in [2.75, 3.05) is 45.2 Å². The molecule has 0 amide bonds. The smallest absolute Gasteiger partial charge is 0.226 e. The second-order valence-corrected chi connectivity index (χ2v) is 7.26. The molecule has 1 aromatic heterocycles. The highest BCUT2D eigenvalue weighted by molar-refractivity contribution is 5.66. The molecule has 1 fully saturated rings. The second kappa shape index (κ2) is 7.51. The topological polar surface area (TPSA) is 68.5 Å². The molecule has 0 aliphatic carbocycles. The van der Waals surface area contributed by atoms with Crippen LogP contribution < -0.4 is 4.90 Å². The van der Waals surface area contributed by atoms with Crippen LogP contribution in [0, 0.1) is 11.5 Å². The van der Waals surface area contributed by atoms with Gasteiger partial charge in [-0.25, -0.2) is 9.97 Å². The van der Waals surface area contributed by atoms with E-state index in [9.17, 15) is 5.26 Å². The van der Waals surface area contributed by atoms with Crippen LogP contribution in [0.15, 0.2) is 30.3 Å². The van der Waals surface area contributed by atoms with Crippen molar-refractivity contribution in [2.24, 2.45) is 0 Å². The zero-order chi connectivity index (χ0) is 18.8. The van der Waals surface area contributed by atoms with E-state index in [-0.39, 0.29) is 6.10 Å². The maximum absolute atomic E-state index is 9.32. The Morgan fingerprint density at radius 3 is 2.81 bits per heavy atom. The monoisotopic (exact) mass is 364 g/mol. The first-order valence-corrected chi connectivity index (χ1v) is 9.25. The third kappa shape index (κ3) is 3.72. The summed E-state index contributed by atoms with van der Waals surface area (Å²) in [5, 5.41) is 9.32. The molecule has 1 aromatic carbocycles. The Hall–Kier alpha value is -2.69. The van der Waals surface area contributed by atoms with Crippen molar-refractivity contribution in [2.45, 2.75) is 19.2 Å². The van der Waals surface area contributed by atoms with Crippen molar-refractivity contribution in [1.82, 2.24) is 19.8 Å². The van der Waals surface area contributed by atoms with Crippen LogP contribution in [0.4, 0.5) is 5.95 Å². The van der Waals surface area contributed by atoms with Gasteiger partial charge in [0.05, 0.1) is 37.2 Å². The highest BCUT2D eigenvalue weighted by atomic mass is 16.5. The minimum absolute atomic E-state index is 0.140. The Bertz CT molecular complexity index is 850. The lowest BCUT2D eigenvalue weighted by molar-refractivity contribution is -0.0144. The maximum atomic E-state index is 9.32. The zero-order valence-electron chi connectivity index (χ0n) is 15.8. The predicted octanol–water partition coefficient (Wildman–Crippen LogP) is 1.71. The number of hydrogen-bond donors (Lipinski definition) is 0. The van der Waals surface area contributed by atoms with Gasteiger partial charge >= 0.3 is 0 Å². The van der Waals surface area contributed by atoms with Gasteiger partial charge in [-0.2, -0.15) is 5.26 Å². The first-order chi connectivity index (χ1) is 13.1. The van der Waals surface area contributed by atoms with Gasteiger partial charge in [0.2, 0.25) is 5.95 Å². The van der Waals surface area contributed by atoms with Crippen molar-refractivity contribution in [1.29, 1.82) is 5.26 Å². The molecule has 0 bridgehead atoms. The molecular weight excluding hydrogens is 340 g/mol. The minimum atomic E-state index is 0.140. The van der Waals surface area contributed by atoms with E-state index in [1.54, 1.807) is 4.90 Å². The highest BCUT2D eigenvalue weighted by Crippen LogP contribution is 2.31. The van der Waals surface area contributed by atoms with E-state index < -0.39 is 0 Å². The zero-order valence-corrected chi connectivity index (χ0v) is 15.8. The lowest BCUT2D eigenvalue weighted by atomic mass is 10.1. The fourth-order valence-corrected chi connectivity index (χ4v) is 3.68. The summed E-state index contributed by atoms with van der Waals surface area (Å²) < 4.78 is 5.89. The number of hydrogen-bond acceptors (Lipinski definition) is 7. The van der Waals surface area contributed by atoms with Crippen molar-refractivity contribution in [3.05, 3.63) is 41.6 Å². The van der Waals surface area contributed by atoms with E-state index in [0.29, 0.717) is 19.0 Å². The predicted molar refractivity (Wildman–Crippen MR) is 103 cm³/mol. The van der Waals surface area contributed by atoms with Crippen LogP contribution in [0.2, 0.25) is 0 Å². The van der Waals surface area contributed by atoms with Gasteiger partial charge in [0.15, 0.2) is 6.19 Å². The van der Waals surface area contributed by atoms with Crippen LogP contribution in [0.5, 0.6) is 0 Å². The lowest BCUT2D eigenvalue weighted by Gasteiger charge is -2.32. The molecule has 140 valence electrons. The highest BCUT2D eigenvalue weighted by Gasteiger charge is 2.27. The number of morpholine rings is 1. The fourth-order valence-electron chi connectivity index (χ4n) is 3.68. The molecule has 7 nitrogen and oxygen atoms in total. The number of ether oxygens (including phenoxy) is 1. The Kier molecular flexibility index (Phi) is 4.92. The summed E-state index contributed by atoms with van der Waals surface area (Å²) in [4.78, 5) is 15.7. The minimum Gasteiger partial charge on any atom is -0.374 e. The van der Waals surface area contributed by atoms with E-state index in [0.717, 1.165) is 48.8 Å². The van der Waals surface area contributed by atoms with Gasteiger partial charge in [-0.3, -0.25) is 0 Å². The summed E-state index contributed by atoms with van der Waals surface area (Å²) in [6.07, 6.45) is 2.38. The molecule has 0 N–H and O–H groups in total. The Labute approximate surface area is 159 Å². The average molecular weight is 364 g/mol. The first kappa shape index (κ1) is 17.7. The average Bonchev–Trinajstić information content (AvgIpc) is 3.11. The molecular formula is C20H24N6O. The molecule has 3 heterocycles. The van der Waals surface area contributed by atoms with Crippen LogP contribution in [-0.4, -0.2) is 66.2 Å². The first-order valence-electron chi connectivity index (χ1n) is 9.25. The van der Waals surface area contributed by atoms with E-state index in [1.807, 2.05) is 25.2 Å². The van der Waals surface area contributed by atoms with Gasteiger partial charge in [0.1, 0.15) is 0 Å². The number of rotatable bonds is 4. The van der Waals surface area contributed by atoms with Crippen molar-refractivity contribution < 1.29 is 4.74 Å². The largest absolute Gasteiger partial charge is 0.374 e. The normalized spacial score (nSPS) is 19.6. The number of likely N-dealkylation sites (N-methyl/N-ethyl adjacent to an activating group) is 2.